The second kappa shape index (κ2) is 17.0. The molecule has 34 heavy (non-hydrogen) atoms. The maximum absolute atomic E-state index is 12.3. The van der Waals surface area contributed by atoms with Crippen LogP contribution in [-0.4, -0.2) is 57.2 Å². The van der Waals surface area contributed by atoms with Crippen molar-refractivity contribution >= 4 is 5.78 Å². The number of Topliss-reactive ketones (excluding diaryl/α,β-unsaturated/α-hetero) is 1. The SMILES string of the molecule is C=C(OC(C)C)[C@@H](CO)CC(=O)CCC/C=C\C[C@@H]1[C@@H](/C=C/[C@@H](O)CCCCC)[C@H](O)C[C@@H]1O. The highest BCUT2D eigenvalue weighted by atomic mass is 16.5. The molecule has 6 heteroatoms. The standard InChI is InChI=1S/C28H48O6/c1-5-6-9-12-23(30)15-16-26-25(27(32)18-28(26)33)14-11-8-7-10-13-24(31)17-22(19-29)21(4)34-20(2)3/h8,11,15-16,20,22-23,25-30,32-33H,4-7,9-10,12-14,17-19H2,1-3H3/b11-8-,16-15+/t22-,23+,25-,26-,27+,28-/m1/s1. The third-order valence-electron chi connectivity index (χ3n) is 6.51. The van der Waals surface area contributed by atoms with Crippen LogP contribution in [0, 0.1) is 17.8 Å². The topological polar surface area (TPSA) is 107 Å². The van der Waals surface area contributed by atoms with E-state index in [0.29, 0.717) is 31.4 Å². The third-order valence-corrected chi connectivity index (χ3v) is 6.51. The number of aliphatic hydroxyl groups excluding tert-OH is 4. The molecule has 0 heterocycles. The van der Waals surface area contributed by atoms with E-state index in [1.165, 1.54) is 0 Å². The fourth-order valence-corrected chi connectivity index (χ4v) is 4.51. The molecule has 1 fully saturated rings. The van der Waals surface area contributed by atoms with Crippen LogP contribution in [0.25, 0.3) is 0 Å². The summed E-state index contributed by atoms with van der Waals surface area (Å²) in [4.78, 5) is 12.3. The molecule has 1 rings (SSSR count). The Morgan fingerprint density at radius 3 is 2.53 bits per heavy atom. The van der Waals surface area contributed by atoms with Crippen molar-refractivity contribution in [2.45, 2.75) is 109 Å². The van der Waals surface area contributed by atoms with Gasteiger partial charge in [0, 0.05) is 31.1 Å². The van der Waals surface area contributed by atoms with E-state index in [0.717, 1.165) is 32.1 Å². The van der Waals surface area contributed by atoms with Crippen molar-refractivity contribution in [3.8, 4) is 0 Å². The highest BCUT2D eigenvalue weighted by Crippen LogP contribution is 2.36. The van der Waals surface area contributed by atoms with Crippen LogP contribution in [0.3, 0.4) is 0 Å². The molecule has 0 bridgehead atoms. The van der Waals surface area contributed by atoms with E-state index in [-0.39, 0.29) is 42.7 Å². The maximum Gasteiger partial charge on any atom is 0.133 e. The Kier molecular flexibility index (Phi) is 15.3. The molecule has 0 spiro atoms. The Morgan fingerprint density at radius 2 is 1.88 bits per heavy atom. The molecule has 1 saturated carbocycles. The van der Waals surface area contributed by atoms with E-state index >= 15 is 0 Å². The summed E-state index contributed by atoms with van der Waals surface area (Å²) in [5, 5.41) is 40.4. The zero-order valence-corrected chi connectivity index (χ0v) is 21.4. The van der Waals surface area contributed by atoms with Gasteiger partial charge < -0.3 is 25.2 Å². The summed E-state index contributed by atoms with van der Waals surface area (Å²) < 4.78 is 5.51. The number of unbranched alkanes of at least 4 members (excludes halogenated alkanes) is 3. The van der Waals surface area contributed by atoms with Crippen LogP contribution in [-0.2, 0) is 9.53 Å². The number of aliphatic hydroxyl groups is 4. The fraction of sp³-hybridized carbons (Fsp3) is 0.750. The molecule has 0 amide bonds. The van der Waals surface area contributed by atoms with Crippen LogP contribution in [0.1, 0.15) is 85.0 Å². The largest absolute Gasteiger partial charge is 0.496 e. The number of rotatable bonds is 18. The van der Waals surface area contributed by atoms with Gasteiger partial charge in [-0.2, -0.15) is 0 Å². The molecule has 0 aromatic heterocycles. The van der Waals surface area contributed by atoms with Gasteiger partial charge in [-0.15, -0.1) is 0 Å². The smallest absolute Gasteiger partial charge is 0.133 e. The number of carbonyl (C=O) groups excluding carboxylic acids is 1. The summed E-state index contributed by atoms with van der Waals surface area (Å²) in [5.74, 6) is -0.0723. The van der Waals surface area contributed by atoms with Gasteiger partial charge in [0.05, 0.1) is 36.8 Å². The van der Waals surface area contributed by atoms with Crippen molar-refractivity contribution in [2.24, 2.45) is 17.8 Å². The first-order valence-corrected chi connectivity index (χ1v) is 13.0. The van der Waals surface area contributed by atoms with Crippen molar-refractivity contribution in [3.05, 3.63) is 36.6 Å². The summed E-state index contributed by atoms with van der Waals surface area (Å²) in [6, 6.07) is 0. The molecule has 0 aliphatic heterocycles. The zero-order valence-electron chi connectivity index (χ0n) is 21.4. The fourth-order valence-electron chi connectivity index (χ4n) is 4.51. The predicted octanol–water partition coefficient (Wildman–Crippen LogP) is 4.46. The molecule has 0 aromatic carbocycles. The average molecular weight is 481 g/mol. The van der Waals surface area contributed by atoms with Crippen molar-refractivity contribution < 1.29 is 30.0 Å². The lowest BCUT2D eigenvalue weighted by Crippen LogP contribution is -2.20. The van der Waals surface area contributed by atoms with Gasteiger partial charge in [-0.1, -0.05) is 57.1 Å². The Balaban J connectivity index is 2.41. The Morgan fingerprint density at radius 1 is 1.15 bits per heavy atom. The van der Waals surface area contributed by atoms with Crippen LogP contribution in [0.2, 0.25) is 0 Å². The lowest BCUT2D eigenvalue weighted by molar-refractivity contribution is -0.120. The average Bonchev–Trinajstić information content (AvgIpc) is 3.04. The Hall–Kier alpha value is -1.47. The van der Waals surface area contributed by atoms with Gasteiger partial charge in [0.2, 0.25) is 0 Å². The molecule has 1 aliphatic carbocycles. The van der Waals surface area contributed by atoms with Crippen molar-refractivity contribution in [1.29, 1.82) is 0 Å². The van der Waals surface area contributed by atoms with E-state index in [2.05, 4.69) is 13.5 Å². The molecule has 6 atom stereocenters. The first-order chi connectivity index (χ1) is 16.2. The van der Waals surface area contributed by atoms with E-state index in [4.69, 9.17) is 4.74 Å². The first kappa shape index (κ1) is 30.6. The lowest BCUT2D eigenvalue weighted by atomic mass is 9.89. The van der Waals surface area contributed by atoms with E-state index in [1.807, 2.05) is 32.1 Å². The van der Waals surface area contributed by atoms with Crippen molar-refractivity contribution in [2.75, 3.05) is 6.61 Å². The van der Waals surface area contributed by atoms with Gasteiger partial charge in [0.15, 0.2) is 0 Å². The molecule has 0 unspecified atom stereocenters. The highest BCUT2D eigenvalue weighted by molar-refractivity contribution is 5.78. The van der Waals surface area contributed by atoms with E-state index < -0.39 is 18.3 Å². The molecule has 0 radical (unpaired) electrons. The van der Waals surface area contributed by atoms with E-state index in [9.17, 15) is 25.2 Å². The van der Waals surface area contributed by atoms with Gasteiger partial charge in [0.25, 0.3) is 0 Å². The normalized spacial score (nSPS) is 24.8. The molecule has 0 saturated heterocycles. The van der Waals surface area contributed by atoms with E-state index in [1.54, 1.807) is 6.08 Å². The summed E-state index contributed by atoms with van der Waals surface area (Å²) >= 11 is 0. The quantitative estimate of drug-likeness (QED) is 0.131. The Bertz CT molecular complexity index is 641. The number of ether oxygens (including phenoxy) is 1. The molecule has 0 aromatic rings. The van der Waals surface area contributed by atoms with Crippen LogP contribution in [0.4, 0.5) is 0 Å². The number of hydrogen-bond donors (Lipinski definition) is 4. The van der Waals surface area contributed by atoms with Gasteiger partial charge in [-0.05, 0) is 45.4 Å². The summed E-state index contributed by atoms with van der Waals surface area (Å²) in [6.07, 6.45) is 13.0. The third kappa shape index (κ3) is 11.8. The first-order valence-electron chi connectivity index (χ1n) is 13.0. The number of allylic oxidation sites excluding steroid dienone is 2. The van der Waals surface area contributed by atoms with Crippen LogP contribution >= 0.6 is 0 Å². The maximum atomic E-state index is 12.3. The minimum absolute atomic E-state index is 0.0350. The van der Waals surface area contributed by atoms with Gasteiger partial charge >= 0.3 is 0 Å². The van der Waals surface area contributed by atoms with Crippen molar-refractivity contribution in [1.82, 2.24) is 0 Å². The zero-order chi connectivity index (χ0) is 25.5. The van der Waals surface area contributed by atoms with Gasteiger partial charge in [-0.3, -0.25) is 4.79 Å². The molecular weight excluding hydrogens is 432 g/mol. The number of carbonyl (C=O) groups is 1. The summed E-state index contributed by atoms with van der Waals surface area (Å²) in [6.45, 7) is 9.57. The highest BCUT2D eigenvalue weighted by Gasteiger charge is 2.39. The van der Waals surface area contributed by atoms with Crippen LogP contribution in [0.5, 0.6) is 0 Å². The van der Waals surface area contributed by atoms with Gasteiger partial charge in [0.1, 0.15) is 5.78 Å². The van der Waals surface area contributed by atoms with Gasteiger partial charge in [-0.25, -0.2) is 0 Å². The number of hydrogen-bond acceptors (Lipinski definition) is 6. The predicted molar refractivity (Wildman–Crippen MR) is 136 cm³/mol. The second-order valence-corrected chi connectivity index (χ2v) is 9.91. The summed E-state index contributed by atoms with van der Waals surface area (Å²) in [7, 11) is 0. The minimum Gasteiger partial charge on any atom is -0.496 e. The van der Waals surface area contributed by atoms with Crippen LogP contribution < -0.4 is 0 Å². The van der Waals surface area contributed by atoms with Crippen LogP contribution in [0.15, 0.2) is 36.6 Å². The number of ketones is 1. The molecule has 4 N–H and O–H groups in total. The minimum atomic E-state index is -0.598. The molecular formula is C28H48O6. The molecule has 6 nitrogen and oxygen atoms in total. The lowest BCUT2D eigenvalue weighted by Gasteiger charge is -2.20. The monoisotopic (exact) mass is 480 g/mol. The molecule has 1 aliphatic rings. The van der Waals surface area contributed by atoms with Crippen molar-refractivity contribution in [3.63, 3.8) is 0 Å². The summed E-state index contributed by atoms with van der Waals surface area (Å²) in [5.41, 5.74) is 0. The molecule has 196 valence electrons. The second-order valence-electron chi connectivity index (χ2n) is 9.91. The Labute approximate surface area is 206 Å².